The van der Waals surface area contributed by atoms with Crippen LogP contribution < -0.4 is 10.2 Å². The maximum Gasteiger partial charge on any atom is 0.488 e. The van der Waals surface area contributed by atoms with Gasteiger partial charge in [-0.15, -0.1) is 0 Å². The third-order valence-corrected chi connectivity index (χ3v) is 5.23. The molecule has 0 aromatic heterocycles. The first-order valence-corrected chi connectivity index (χ1v) is 10.6. The quantitative estimate of drug-likeness (QED) is 0.414. The maximum atomic E-state index is 9.47. The molecule has 0 aliphatic rings. The van der Waals surface area contributed by atoms with Gasteiger partial charge in [-0.1, -0.05) is 73.7 Å². The van der Waals surface area contributed by atoms with Crippen LogP contribution >= 0.6 is 0 Å². The lowest BCUT2D eigenvalue weighted by molar-refractivity contribution is 0.261. The summed E-state index contributed by atoms with van der Waals surface area (Å²) in [5.74, 6) is 0.849. The van der Waals surface area contributed by atoms with E-state index in [1.165, 1.54) is 11.1 Å². The van der Waals surface area contributed by atoms with Crippen molar-refractivity contribution in [3.8, 4) is 5.75 Å². The molecule has 0 aliphatic carbocycles. The highest BCUT2D eigenvalue weighted by Crippen LogP contribution is 2.34. The Hall–Kier alpha value is -2.86. The Morgan fingerprint density at radius 2 is 1.39 bits per heavy atom. The predicted octanol–water partition coefficient (Wildman–Crippen LogP) is 3.68. The van der Waals surface area contributed by atoms with Gasteiger partial charge in [0.05, 0.1) is 0 Å². The average Bonchev–Trinajstić information content (AvgIpc) is 2.78. The fourth-order valence-electron chi connectivity index (χ4n) is 3.57. The van der Waals surface area contributed by atoms with Gasteiger partial charge < -0.3 is 19.7 Å². The molecule has 0 atom stereocenters. The fraction of sp³-hybridized carbons (Fsp3) is 0.231. The zero-order chi connectivity index (χ0) is 22.2. The average molecular weight is 415 g/mol. The van der Waals surface area contributed by atoms with Gasteiger partial charge in [-0.3, -0.25) is 0 Å². The fourth-order valence-corrected chi connectivity index (χ4v) is 3.57. The molecular formula is C26H30BNO3. The largest absolute Gasteiger partial charge is 0.492 e. The topological polar surface area (TPSA) is 52.9 Å². The van der Waals surface area contributed by atoms with Crippen LogP contribution in [0.25, 0.3) is 11.1 Å². The Bertz CT molecular complexity index is 981. The lowest BCUT2D eigenvalue weighted by Crippen LogP contribution is -2.29. The number of benzene rings is 3. The predicted molar refractivity (Wildman–Crippen MR) is 129 cm³/mol. The molecule has 0 saturated heterocycles. The minimum atomic E-state index is -1.47. The van der Waals surface area contributed by atoms with Gasteiger partial charge in [-0.05, 0) is 65.9 Å². The normalized spacial score (nSPS) is 11.9. The van der Waals surface area contributed by atoms with Crippen molar-refractivity contribution in [1.82, 2.24) is 4.90 Å². The first-order valence-electron chi connectivity index (χ1n) is 10.6. The van der Waals surface area contributed by atoms with E-state index in [2.05, 4.69) is 48.2 Å². The first-order chi connectivity index (χ1) is 15.0. The monoisotopic (exact) mass is 415 g/mol. The number of nitrogens with zero attached hydrogens (tertiary/aromatic N) is 1. The summed E-state index contributed by atoms with van der Waals surface area (Å²) < 4.78 is 5.86. The highest BCUT2D eigenvalue weighted by Gasteiger charge is 2.15. The first kappa shape index (κ1) is 22.8. The van der Waals surface area contributed by atoms with Gasteiger partial charge in [0.1, 0.15) is 12.4 Å². The van der Waals surface area contributed by atoms with Gasteiger partial charge in [0.15, 0.2) is 0 Å². The second-order valence-electron chi connectivity index (χ2n) is 7.74. The van der Waals surface area contributed by atoms with E-state index in [4.69, 9.17) is 4.74 Å². The van der Waals surface area contributed by atoms with Gasteiger partial charge in [0.2, 0.25) is 0 Å². The molecule has 3 aromatic rings. The summed E-state index contributed by atoms with van der Waals surface area (Å²) in [4.78, 5) is 2.09. The van der Waals surface area contributed by atoms with E-state index in [9.17, 15) is 10.0 Å². The minimum absolute atomic E-state index is 0.477. The summed E-state index contributed by atoms with van der Waals surface area (Å²) in [6.07, 6.45) is 0.866. The van der Waals surface area contributed by atoms with Crippen molar-refractivity contribution in [1.29, 1.82) is 0 Å². The van der Waals surface area contributed by atoms with Crippen molar-refractivity contribution in [2.45, 2.75) is 13.3 Å². The SMILES string of the molecule is CC/C(=C(/c1ccc(OCCN(C)C)cc1)c1ccc(B(O)O)cc1)c1ccccc1. The highest BCUT2D eigenvalue weighted by molar-refractivity contribution is 6.58. The number of hydrogen-bond donors (Lipinski definition) is 2. The van der Waals surface area contributed by atoms with Crippen LogP contribution in [0.1, 0.15) is 30.0 Å². The van der Waals surface area contributed by atoms with Gasteiger partial charge >= 0.3 is 7.12 Å². The molecule has 3 aromatic carbocycles. The molecule has 0 saturated carbocycles. The Kier molecular flexibility index (Phi) is 8.07. The molecule has 0 aliphatic heterocycles. The van der Waals surface area contributed by atoms with E-state index in [1.54, 1.807) is 12.1 Å². The number of allylic oxidation sites excluding steroid dienone is 1. The van der Waals surface area contributed by atoms with E-state index >= 15 is 0 Å². The maximum absolute atomic E-state index is 9.47. The van der Waals surface area contributed by atoms with Gasteiger partial charge in [0.25, 0.3) is 0 Å². The Balaban J connectivity index is 2.03. The number of rotatable bonds is 9. The molecule has 0 unspecified atom stereocenters. The Morgan fingerprint density at radius 3 is 1.90 bits per heavy atom. The highest BCUT2D eigenvalue weighted by atomic mass is 16.5. The second-order valence-corrected chi connectivity index (χ2v) is 7.74. The molecular weight excluding hydrogens is 385 g/mol. The minimum Gasteiger partial charge on any atom is -0.492 e. The van der Waals surface area contributed by atoms with Crippen LogP contribution in [0.4, 0.5) is 0 Å². The van der Waals surface area contributed by atoms with Crippen LogP contribution in [0.3, 0.4) is 0 Å². The van der Waals surface area contributed by atoms with Crippen LogP contribution in [0, 0.1) is 0 Å². The van der Waals surface area contributed by atoms with Crippen LogP contribution in [-0.2, 0) is 0 Å². The van der Waals surface area contributed by atoms with E-state index in [-0.39, 0.29) is 0 Å². The van der Waals surface area contributed by atoms with Gasteiger partial charge in [-0.2, -0.15) is 0 Å². The molecule has 3 rings (SSSR count). The lowest BCUT2D eigenvalue weighted by Gasteiger charge is -2.17. The smallest absolute Gasteiger partial charge is 0.488 e. The molecule has 0 radical (unpaired) electrons. The van der Waals surface area contributed by atoms with Gasteiger partial charge in [0, 0.05) is 6.54 Å². The zero-order valence-corrected chi connectivity index (χ0v) is 18.5. The number of ether oxygens (including phenoxy) is 1. The van der Waals surface area contributed by atoms with Crippen molar-refractivity contribution < 1.29 is 14.8 Å². The molecule has 2 N–H and O–H groups in total. The van der Waals surface area contributed by atoms with Crippen molar-refractivity contribution in [2.24, 2.45) is 0 Å². The van der Waals surface area contributed by atoms with Crippen molar-refractivity contribution >= 4 is 23.7 Å². The lowest BCUT2D eigenvalue weighted by atomic mass is 9.79. The second kappa shape index (κ2) is 11.0. The van der Waals surface area contributed by atoms with Crippen LogP contribution in [0.2, 0.25) is 0 Å². The standard InChI is InChI=1S/C26H30BNO3/c1-4-25(20-8-6-5-7-9-20)26(21-10-14-23(15-11-21)27(29)30)22-12-16-24(17-13-22)31-19-18-28(2)3/h5-17,29-30H,4,18-19H2,1-3H3/b26-25-. The number of likely N-dealkylation sites (N-methyl/N-ethyl adjacent to an activating group) is 1. The van der Waals surface area contributed by atoms with Crippen LogP contribution in [-0.4, -0.2) is 49.3 Å². The molecule has 0 amide bonds. The van der Waals surface area contributed by atoms with E-state index in [0.29, 0.717) is 12.1 Å². The van der Waals surface area contributed by atoms with E-state index < -0.39 is 7.12 Å². The zero-order valence-electron chi connectivity index (χ0n) is 18.5. The summed E-state index contributed by atoms with van der Waals surface area (Å²) in [5.41, 5.74) is 6.15. The van der Waals surface area contributed by atoms with Gasteiger partial charge in [-0.25, -0.2) is 0 Å². The van der Waals surface area contributed by atoms with E-state index in [1.807, 2.05) is 44.4 Å². The molecule has 0 fully saturated rings. The van der Waals surface area contributed by atoms with Crippen LogP contribution in [0.15, 0.2) is 78.9 Å². The van der Waals surface area contributed by atoms with Crippen molar-refractivity contribution in [3.63, 3.8) is 0 Å². The third kappa shape index (κ3) is 6.08. The summed E-state index contributed by atoms with van der Waals surface area (Å²) in [6, 6.07) is 26.0. The van der Waals surface area contributed by atoms with E-state index in [0.717, 1.165) is 35.4 Å². The molecule has 160 valence electrons. The summed E-state index contributed by atoms with van der Waals surface area (Å²) in [5, 5.41) is 18.9. The van der Waals surface area contributed by atoms with Crippen molar-refractivity contribution in [2.75, 3.05) is 27.2 Å². The molecule has 5 heteroatoms. The molecule has 4 nitrogen and oxygen atoms in total. The molecule has 0 spiro atoms. The molecule has 0 bridgehead atoms. The van der Waals surface area contributed by atoms with Crippen molar-refractivity contribution in [3.05, 3.63) is 95.6 Å². The summed E-state index contributed by atoms with van der Waals surface area (Å²) >= 11 is 0. The third-order valence-electron chi connectivity index (χ3n) is 5.23. The molecule has 31 heavy (non-hydrogen) atoms. The Morgan fingerprint density at radius 1 is 0.806 bits per heavy atom. The molecule has 0 heterocycles. The summed E-state index contributed by atoms with van der Waals surface area (Å²) in [7, 11) is 2.58. The Labute approximate surface area is 185 Å². The summed E-state index contributed by atoms with van der Waals surface area (Å²) in [6.45, 7) is 3.67. The van der Waals surface area contributed by atoms with Crippen LogP contribution in [0.5, 0.6) is 5.75 Å². The number of hydrogen-bond acceptors (Lipinski definition) is 4.